The molecule has 1 aromatic heterocycles. The van der Waals surface area contributed by atoms with Crippen LogP contribution in [0.5, 0.6) is 0 Å². The normalized spacial score (nSPS) is 11.8. The molecule has 0 bridgehead atoms. The number of aromatic nitrogens is 2. The van der Waals surface area contributed by atoms with Gasteiger partial charge in [0, 0.05) is 16.9 Å². The molecule has 0 radical (unpaired) electrons. The van der Waals surface area contributed by atoms with E-state index in [9.17, 15) is 13.2 Å². The lowest BCUT2D eigenvalue weighted by Crippen LogP contribution is -2.19. The molecule has 2 rings (SSSR count). The van der Waals surface area contributed by atoms with E-state index in [0.29, 0.717) is 22.6 Å². The lowest BCUT2D eigenvalue weighted by molar-refractivity contribution is -0.142. The average Bonchev–Trinajstić information content (AvgIpc) is 2.51. The van der Waals surface area contributed by atoms with Gasteiger partial charge in [-0.1, -0.05) is 12.1 Å². The average molecular weight is 269 g/mol. The summed E-state index contributed by atoms with van der Waals surface area (Å²) in [7, 11) is 0. The zero-order valence-electron chi connectivity index (χ0n) is 10.6. The summed E-state index contributed by atoms with van der Waals surface area (Å²) in [5.74, 6) is 0. The predicted molar refractivity (Wildman–Crippen MR) is 67.6 cm³/mol. The lowest BCUT2D eigenvalue weighted by atomic mass is 10.0. The van der Waals surface area contributed by atoms with Crippen molar-refractivity contribution in [3.63, 3.8) is 0 Å². The molecule has 0 atom stereocenters. The highest BCUT2D eigenvalue weighted by atomic mass is 19.4. The van der Waals surface area contributed by atoms with Crippen LogP contribution in [0.15, 0.2) is 24.3 Å². The zero-order chi connectivity index (χ0) is 14.2. The first-order valence-corrected chi connectivity index (χ1v) is 5.74. The number of anilines is 1. The van der Waals surface area contributed by atoms with Crippen molar-refractivity contribution in [2.24, 2.45) is 0 Å². The first kappa shape index (κ1) is 13.5. The highest BCUT2D eigenvalue weighted by Gasteiger charge is 2.30. The Bertz CT molecular complexity index is 600. The minimum absolute atomic E-state index is 0.487. The standard InChI is InChI=1S/C13H14F3N3/c1-8-12(10-4-3-5-11(17)6-10)9(2)19(18-8)7-13(14,15)16/h3-6H,7,17H2,1-2H3. The van der Waals surface area contributed by atoms with Crippen LogP contribution in [-0.4, -0.2) is 16.0 Å². The number of alkyl halides is 3. The molecule has 0 aliphatic heterocycles. The lowest BCUT2D eigenvalue weighted by Gasteiger charge is -2.09. The van der Waals surface area contributed by atoms with Crippen molar-refractivity contribution in [3.05, 3.63) is 35.7 Å². The van der Waals surface area contributed by atoms with Gasteiger partial charge in [-0.2, -0.15) is 18.3 Å². The molecule has 1 aromatic carbocycles. The van der Waals surface area contributed by atoms with Gasteiger partial charge in [-0.15, -0.1) is 0 Å². The summed E-state index contributed by atoms with van der Waals surface area (Å²) < 4.78 is 38.3. The third-order valence-electron chi connectivity index (χ3n) is 2.89. The molecule has 0 amide bonds. The van der Waals surface area contributed by atoms with Gasteiger partial charge in [0.05, 0.1) is 5.69 Å². The molecule has 19 heavy (non-hydrogen) atoms. The van der Waals surface area contributed by atoms with Crippen LogP contribution in [0.4, 0.5) is 18.9 Å². The van der Waals surface area contributed by atoms with Crippen LogP contribution in [-0.2, 0) is 6.54 Å². The van der Waals surface area contributed by atoms with Gasteiger partial charge < -0.3 is 5.73 Å². The van der Waals surface area contributed by atoms with Crippen molar-refractivity contribution in [2.75, 3.05) is 5.73 Å². The number of nitrogens with zero attached hydrogens (tertiary/aromatic N) is 2. The quantitative estimate of drug-likeness (QED) is 0.850. The number of benzene rings is 1. The number of hydrogen-bond donors (Lipinski definition) is 1. The highest BCUT2D eigenvalue weighted by molar-refractivity contribution is 5.71. The number of rotatable bonds is 2. The Balaban J connectivity index is 2.48. The second kappa shape index (κ2) is 4.60. The van der Waals surface area contributed by atoms with E-state index in [-0.39, 0.29) is 0 Å². The van der Waals surface area contributed by atoms with E-state index in [1.807, 2.05) is 6.07 Å². The van der Waals surface area contributed by atoms with Crippen molar-refractivity contribution < 1.29 is 13.2 Å². The van der Waals surface area contributed by atoms with E-state index in [2.05, 4.69) is 5.10 Å². The molecular formula is C13H14F3N3. The Morgan fingerprint density at radius 3 is 2.53 bits per heavy atom. The third kappa shape index (κ3) is 2.89. The summed E-state index contributed by atoms with van der Waals surface area (Å²) in [6.07, 6.45) is -4.28. The maximum atomic E-state index is 12.4. The van der Waals surface area contributed by atoms with Crippen LogP contribution < -0.4 is 5.73 Å². The van der Waals surface area contributed by atoms with Gasteiger partial charge in [-0.25, -0.2) is 0 Å². The summed E-state index contributed by atoms with van der Waals surface area (Å²) in [4.78, 5) is 0. The van der Waals surface area contributed by atoms with Crippen LogP contribution in [0.3, 0.4) is 0 Å². The SMILES string of the molecule is Cc1nn(CC(F)(F)F)c(C)c1-c1cccc(N)c1. The largest absolute Gasteiger partial charge is 0.408 e. The predicted octanol–water partition coefficient (Wildman–Crippen LogP) is 3.31. The topological polar surface area (TPSA) is 43.8 Å². The molecule has 0 saturated carbocycles. The van der Waals surface area contributed by atoms with Gasteiger partial charge >= 0.3 is 6.18 Å². The summed E-state index contributed by atoms with van der Waals surface area (Å²) in [5, 5.41) is 3.96. The molecule has 0 unspecified atom stereocenters. The van der Waals surface area contributed by atoms with E-state index in [1.165, 1.54) is 0 Å². The second-order valence-corrected chi connectivity index (χ2v) is 4.44. The first-order chi connectivity index (χ1) is 8.78. The van der Waals surface area contributed by atoms with E-state index >= 15 is 0 Å². The molecule has 0 spiro atoms. The van der Waals surface area contributed by atoms with E-state index in [0.717, 1.165) is 10.2 Å². The smallest absolute Gasteiger partial charge is 0.399 e. The number of aryl methyl sites for hydroxylation is 1. The van der Waals surface area contributed by atoms with Gasteiger partial charge in [-0.05, 0) is 31.5 Å². The Kier molecular flexibility index (Phi) is 3.26. The maximum Gasteiger partial charge on any atom is 0.408 e. The van der Waals surface area contributed by atoms with Gasteiger partial charge in [0.1, 0.15) is 6.54 Å². The molecule has 2 aromatic rings. The molecule has 3 nitrogen and oxygen atoms in total. The Hall–Kier alpha value is -1.98. The fourth-order valence-electron chi connectivity index (χ4n) is 2.13. The first-order valence-electron chi connectivity index (χ1n) is 5.74. The highest BCUT2D eigenvalue weighted by Crippen LogP contribution is 2.29. The molecule has 0 aliphatic carbocycles. The maximum absolute atomic E-state index is 12.4. The number of nitrogen functional groups attached to an aromatic ring is 1. The van der Waals surface area contributed by atoms with E-state index < -0.39 is 12.7 Å². The number of halogens is 3. The molecule has 6 heteroatoms. The Labute approximate surface area is 108 Å². The van der Waals surface area contributed by atoms with Crippen LogP contribution in [0.25, 0.3) is 11.1 Å². The Morgan fingerprint density at radius 2 is 1.95 bits per heavy atom. The monoisotopic (exact) mass is 269 g/mol. The summed E-state index contributed by atoms with van der Waals surface area (Å²) in [6.45, 7) is 2.24. The molecule has 0 saturated heterocycles. The van der Waals surface area contributed by atoms with Crippen molar-refractivity contribution in [2.45, 2.75) is 26.6 Å². The molecule has 0 fully saturated rings. The van der Waals surface area contributed by atoms with Crippen molar-refractivity contribution in [1.82, 2.24) is 9.78 Å². The van der Waals surface area contributed by atoms with Gasteiger partial charge in [0.25, 0.3) is 0 Å². The van der Waals surface area contributed by atoms with E-state index in [1.54, 1.807) is 32.0 Å². The number of nitrogens with two attached hydrogens (primary N) is 1. The number of hydrogen-bond acceptors (Lipinski definition) is 2. The third-order valence-corrected chi connectivity index (χ3v) is 2.89. The fraction of sp³-hybridized carbons (Fsp3) is 0.308. The summed E-state index contributed by atoms with van der Waals surface area (Å²) in [6, 6.07) is 7.04. The van der Waals surface area contributed by atoms with Crippen molar-refractivity contribution >= 4 is 5.69 Å². The van der Waals surface area contributed by atoms with Gasteiger partial charge in [0.2, 0.25) is 0 Å². The summed E-state index contributed by atoms with van der Waals surface area (Å²) in [5.41, 5.74) is 8.80. The van der Waals surface area contributed by atoms with Crippen LogP contribution in [0.1, 0.15) is 11.4 Å². The van der Waals surface area contributed by atoms with Crippen molar-refractivity contribution in [3.8, 4) is 11.1 Å². The van der Waals surface area contributed by atoms with Gasteiger partial charge in [-0.3, -0.25) is 4.68 Å². The minimum atomic E-state index is -4.28. The zero-order valence-corrected chi connectivity index (χ0v) is 10.6. The minimum Gasteiger partial charge on any atom is -0.399 e. The van der Waals surface area contributed by atoms with E-state index in [4.69, 9.17) is 5.73 Å². The van der Waals surface area contributed by atoms with Crippen LogP contribution >= 0.6 is 0 Å². The second-order valence-electron chi connectivity index (χ2n) is 4.44. The molecule has 1 heterocycles. The fourth-order valence-corrected chi connectivity index (χ4v) is 2.13. The Morgan fingerprint density at radius 1 is 1.26 bits per heavy atom. The molecule has 0 aliphatic rings. The van der Waals surface area contributed by atoms with Gasteiger partial charge in [0.15, 0.2) is 0 Å². The van der Waals surface area contributed by atoms with Crippen molar-refractivity contribution in [1.29, 1.82) is 0 Å². The molecular weight excluding hydrogens is 255 g/mol. The van der Waals surface area contributed by atoms with Crippen LogP contribution in [0, 0.1) is 13.8 Å². The molecule has 2 N–H and O–H groups in total. The van der Waals surface area contributed by atoms with Crippen LogP contribution in [0.2, 0.25) is 0 Å². The summed E-state index contributed by atoms with van der Waals surface area (Å²) >= 11 is 0. The molecule has 102 valence electrons.